The molecule has 6 heteroatoms. The van der Waals surface area contributed by atoms with Gasteiger partial charge in [-0.25, -0.2) is 0 Å². The van der Waals surface area contributed by atoms with Gasteiger partial charge < -0.3 is 20.6 Å². The number of nitrogens with two attached hydrogens (primary N) is 1. The van der Waals surface area contributed by atoms with Gasteiger partial charge in [0.15, 0.2) is 5.84 Å². The summed E-state index contributed by atoms with van der Waals surface area (Å²) in [7, 11) is 1.78. The van der Waals surface area contributed by atoms with Gasteiger partial charge in [0, 0.05) is 26.3 Å². The topological polar surface area (TPSA) is 88.2 Å². The second-order valence-corrected chi connectivity index (χ2v) is 6.64. The number of nitrogens with zero attached hydrogens (tertiary/aromatic N) is 2. The van der Waals surface area contributed by atoms with Crippen LogP contribution in [0.2, 0.25) is 0 Å². The van der Waals surface area contributed by atoms with Crippen LogP contribution in [-0.4, -0.2) is 48.2 Å². The van der Waals surface area contributed by atoms with E-state index in [9.17, 15) is 4.79 Å². The predicted molar refractivity (Wildman–Crippen MR) is 77.6 cm³/mol. The van der Waals surface area contributed by atoms with Crippen molar-refractivity contribution >= 4 is 11.7 Å². The molecule has 0 bridgehead atoms. The lowest BCUT2D eigenvalue weighted by Crippen LogP contribution is -2.56. The Morgan fingerprint density at radius 1 is 1.40 bits per heavy atom. The fourth-order valence-electron chi connectivity index (χ4n) is 2.49. The third kappa shape index (κ3) is 3.06. The molecule has 1 saturated heterocycles. The van der Waals surface area contributed by atoms with Gasteiger partial charge in [0.05, 0.1) is 0 Å². The van der Waals surface area contributed by atoms with Crippen LogP contribution in [0.3, 0.4) is 0 Å². The Kier molecular flexibility index (Phi) is 5.02. The zero-order valence-corrected chi connectivity index (χ0v) is 13.1. The summed E-state index contributed by atoms with van der Waals surface area (Å²) >= 11 is 0. The van der Waals surface area contributed by atoms with Crippen molar-refractivity contribution in [1.29, 1.82) is 0 Å². The molecule has 6 nitrogen and oxygen atoms in total. The minimum Gasteiger partial charge on any atom is -0.409 e. The zero-order chi connectivity index (χ0) is 15.6. The normalized spacial score (nSPS) is 21.4. The first kappa shape index (κ1) is 16.8. The molecule has 0 spiro atoms. The number of carbonyl (C=O) groups excluding carboxylic acids is 1. The van der Waals surface area contributed by atoms with Crippen molar-refractivity contribution in [3.63, 3.8) is 0 Å². The van der Waals surface area contributed by atoms with Crippen LogP contribution in [0, 0.1) is 10.8 Å². The van der Waals surface area contributed by atoms with Gasteiger partial charge in [0.2, 0.25) is 5.91 Å². The van der Waals surface area contributed by atoms with Crippen molar-refractivity contribution in [3.8, 4) is 0 Å². The fraction of sp³-hybridized carbons (Fsp3) is 0.857. The Morgan fingerprint density at radius 2 is 1.90 bits per heavy atom. The zero-order valence-electron chi connectivity index (χ0n) is 13.1. The standard InChI is InChI=1S/C14H27N3O3/c1-10(13(2,3)4)17(5)12(18)14(11(15)16-19)6-8-20-9-7-14/h10,19H,6-9H2,1-5H3,(H2,15,16). The molecule has 20 heavy (non-hydrogen) atoms. The SMILES string of the molecule is CC(N(C)C(=O)C1(C(N)=NO)CCOCC1)C(C)(C)C. The van der Waals surface area contributed by atoms with E-state index >= 15 is 0 Å². The van der Waals surface area contributed by atoms with E-state index in [0.29, 0.717) is 26.1 Å². The van der Waals surface area contributed by atoms with Crippen LogP contribution < -0.4 is 5.73 Å². The number of hydrogen-bond donors (Lipinski definition) is 2. The quantitative estimate of drug-likeness (QED) is 0.355. The third-order valence-corrected chi connectivity index (χ3v) is 4.51. The number of hydrogen-bond acceptors (Lipinski definition) is 4. The van der Waals surface area contributed by atoms with Crippen LogP contribution >= 0.6 is 0 Å². The largest absolute Gasteiger partial charge is 0.409 e. The Bertz CT molecular complexity index is 382. The van der Waals surface area contributed by atoms with Crippen molar-refractivity contribution in [2.45, 2.75) is 46.6 Å². The van der Waals surface area contributed by atoms with Gasteiger partial charge in [0.1, 0.15) is 5.41 Å². The molecular formula is C14H27N3O3. The highest BCUT2D eigenvalue weighted by atomic mass is 16.5. The molecule has 116 valence electrons. The lowest BCUT2D eigenvalue weighted by atomic mass is 9.76. The van der Waals surface area contributed by atoms with Gasteiger partial charge in [0.25, 0.3) is 0 Å². The molecule has 0 aromatic carbocycles. The van der Waals surface area contributed by atoms with E-state index in [2.05, 4.69) is 25.9 Å². The molecule has 1 atom stereocenters. The van der Waals surface area contributed by atoms with Gasteiger partial charge in [-0.3, -0.25) is 4.79 Å². The molecule has 3 N–H and O–H groups in total. The second-order valence-electron chi connectivity index (χ2n) is 6.64. The Hall–Kier alpha value is -1.30. The van der Waals surface area contributed by atoms with Crippen molar-refractivity contribution < 1.29 is 14.7 Å². The number of oxime groups is 1. The second kappa shape index (κ2) is 5.99. The van der Waals surface area contributed by atoms with Crippen LogP contribution in [0.1, 0.15) is 40.5 Å². The highest BCUT2D eigenvalue weighted by Gasteiger charge is 2.47. The highest BCUT2D eigenvalue weighted by Crippen LogP contribution is 2.35. The first-order valence-corrected chi connectivity index (χ1v) is 7.00. The Labute approximate surface area is 120 Å². The summed E-state index contributed by atoms with van der Waals surface area (Å²) in [5, 5.41) is 12.1. The molecule has 1 amide bonds. The summed E-state index contributed by atoms with van der Waals surface area (Å²) in [5.41, 5.74) is 4.84. The van der Waals surface area contributed by atoms with Crippen LogP contribution in [0.5, 0.6) is 0 Å². The number of rotatable bonds is 3. The average Bonchev–Trinajstić information content (AvgIpc) is 2.43. The average molecular weight is 285 g/mol. The summed E-state index contributed by atoms with van der Waals surface area (Å²) in [6.45, 7) is 9.15. The molecule has 0 aliphatic carbocycles. The number of carbonyl (C=O) groups is 1. The lowest BCUT2D eigenvalue weighted by molar-refractivity contribution is -0.145. The Morgan fingerprint density at radius 3 is 2.30 bits per heavy atom. The first-order valence-electron chi connectivity index (χ1n) is 7.00. The summed E-state index contributed by atoms with van der Waals surface area (Å²) in [4.78, 5) is 14.6. The molecular weight excluding hydrogens is 258 g/mol. The molecule has 0 aromatic heterocycles. The monoisotopic (exact) mass is 285 g/mol. The molecule has 1 heterocycles. The molecule has 1 aliphatic rings. The molecule has 1 aliphatic heterocycles. The van der Waals surface area contributed by atoms with Crippen LogP contribution in [0.15, 0.2) is 5.16 Å². The predicted octanol–water partition coefficient (Wildman–Crippen LogP) is 1.42. The van der Waals surface area contributed by atoms with Gasteiger partial charge in [-0.15, -0.1) is 0 Å². The van der Waals surface area contributed by atoms with Gasteiger partial charge in [-0.1, -0.05) is 25.9 Å². The van der Waals surface area contributed by atoms with E-state index in [1.54, 1.807) is 11.9 Å². The van der Waals surface area contributed by atoms with Gasteiger partial charge >= 0.3 is 0 Å². The summed E-state index contributed by atoms with van der Waals surface area (Å²) in [6.07, 6.45) is 0.895. The third-order valence-electron chi connectivity index (χ3n) is 4.51. The maximum absolute atomic E-state index is 12.9. The van der Waals surface area contributed by atoms with Crippen LogP contribution in [0.4, 0.5) is 0 Å². The number of ether oxygens (including phenoxy) is 1. The van der Waals surface area contributed by atoms with Gasteiger partial charge in [-0.05, 0) is 25.2 Å². The Balaban J connectivity index is 3.06. The van der Waals surface area contributed by atoms with Gasteiger partial charge in [-0.2, -0.15) is 0 Å². The lowest BCUT2D eigenvalue weighted by Gasteiger charge is -2.42. The number of amidine groups is 1. The molecule has 0 radical (unpaired) electrons. The first-order chi connectivity index (χ1) is 9.16. The minimum absolute atomic E-state index is 0.0150. The molecule has 1 fully saturated rings. The maximum Gasteiger partial charge on any atom is 0.236 e. The van der Waals surface area contributed by atoms with E-state index in [-0.39, 0.29) is 23.2 Å². The summed E-state index contributed by atoms with van der Waals surface area (Å²) < 4.78 is 5.31. The van der Waals surface area contributed by atoms with Crippen LogP contribution in [-0.2, 0) is 9.53 Å². The molecule has 1 rings (SSSR count). The summed E-state index contributed by atoms with van der Waals surface area (Å²) in [6, 6.07) is 0.0428. The molecule has 0 aromatic rings. The fourth-order valence-corrected chi connectivity index (χ4v) is 2.49. The minimum atomic E-state index is -0.943. The molecule has 1 unspecified atom stereocenters. The smallest absolute Gasteiger partial charge is 0.236 e. The van der Waals surface area contributed by atoms with E-state index in [4.69, 9.17) is 15.7 Å². The van der Waals surface area contributed by atoms with Crippen molar-refractivity contribution in [2.75, 3.05) is 20.3 Å². The highest BCUT2D eigenvalue weighted by molar-refractivity contribution is 6.06. The van der Waals surface area contributed by atoms with E-state index < -0.39 is 5.41 Å². The summed E-state index contributed by atoms with van der Waals surface area (Å²) in [5.74, 6) is -0.114. The van der Waals surface area contributed by atoms with Crippen molar-refractivity contribution in [3.05, 3.63) is 0 Å². The van der Waals surface area contributed by atoms with Crippen molar-refractivity contribution in [1.82, 2.24) is 4.90 Å². The van der Waals surface area contributed by atoms with Crippen LogP contribution in [0.25, 0.3) is 0 Å². The number of amides is 1. The van der Waals surface area contributed by atoms with Crippen molar-refractivity contribution in [2.24, 2.45) is 21.7 Å². The molecule has 0 saturated carbocycles. The van der Waals surface area contributed by atoms with E-state index in [1.807, 2.05) is 6.92 Å². The maximum atomic E-state index is 12.9. The van der Waals surface area contributed by atoms with E-state index in [1.165, 1.54) is 0 Å². The van der Waals surface area contributed by atoms with E-state index in [0.717, 1.165) is 0 Å².